The van der Waals surface area contributed by atoms with Crippen LogP contribution >= 0.6 is 11.6 Å². The van der Waals surface area contributed by atoms with Crippen LogP contribution in [0.1, 0.15) is 15.9 Å². The van der Waals surface area contributed by atoms with E-state index in [4.69, 9.17) is 11.6 Å². The van der Waals surface area contributed by atoms with E-state index in [0.717, 1.165) is 17.7 Å². The summed E-state index contributed by atoms with van der Waals surface area (Å²) in [6.07, 6.45) is 3.95. The fourth-order valence-corrected chi connectivity index (χ4v) is 1.91. The first-order valence-electron chi connectivity index (χ1n) is 5.93. The van der Waals surface area contributed by atoms with Gasteiger partial charge in [-0.1, -0.05) is 17.7 Å². The molecule has 1 aromatic heterocycles. The Morgan fingerprint density at radius 3 is 2.95 bits per heavy atom. The summed E-state index contributed by atoms with van der Waals surface area (Å²) in [6, 6.07) is 5.58. The van der Waals surface area contributed by atoms with Crippen LogP contribution in [0.5, 0.6) is 5.75 Å². The first kappa shape index (κ1) is 14.3. The van der Waals surface area contributed by atoms with Crippen LogP contribution in [0.15, 0.2) is 36.7 Å². The first-order chi connectivity index (χ1) is 9.58. The van der Waals surface area contributed by atoms with Crippen molar-refractivity contribution in [2.75, 3.05) is 6.54 Å². The maximum Gasteiger partial charge on any atom is 0.255 e. The van der Waals surface area contributed by atoms with Gasteiger partial charge in [-0.2, -0.15) is 0 Å². The van der Waals surface area contributed by atoms with Gasteiger partial charge in [-0.3, -0.25) is 9.78 Å². The molecular weight excluding hydrogens is 283 g/mol. The highest BCUT2D eigenvalue weighted by atomic mass is 35.5. The lowest BCUT2D eigenvalue weighted by Crippen LogP contribution is -2.26. The van der Waals surface area contributed by atoms with E-state index >= 15 is 0 Å². The molecule has 0 aliphatic heterocycles. The lowest BCUT2D eigenvalue weighted by Gasteiger charge is -2.08. The summed E-state index contributed by atoms with van der Waals surface area (Å²) in [5.74, 6) is -1.68. The third-order valence-electron chi connectivity index (χ3n) is 2.69. The Balaban J connectivity index is 1.99. The summed E-state index contributed by atoms with van der Waals surface area (Å²) in [4.78, 5) is 15.8. The standard InChI is InChI=1S/C14H12ClFN2O2/c15-12-7-10(16)6-11(13(12)19)14(20)18-5-3-9-2-1-4-17-8-9/h1-2,4,6-8,19H,3,5H2,(H,18,20). The van der Waals surface area contributed by atoms with Crippen molar-refractivity contribution in [3.05, 3.63) is 58.6 Å². The molecule has 20 heavy (non-hydrogen) atoms. The molecule has 0 saturated carbocycles. The number of amides is 1. The highest BCUT2D eigenvalue weighted by Gasteiger charge is 2.15. The van der Waals surface area contributed by atoms with Crippen LogP contribution in [0, 0.1) is 5.82 Å². The zero-order chi connectivity index (χ0) is 14.5. The minimum atomic E-state index is -0.676. The second-order valence-electron chi connectivity index (χ2n) is 4.15. The monoisotopic (exact) mass is 294 g/mol. The molecule has 0 saturated heterocycles. The number of halogens is 2. The summed E-state index contributed by atoms with van der Waals surface area (Å²) < 4.78 is 13.2. The zero-order valence-corrected chi connectivity index (χ0v) is 11.2. The van der Waals surface area contributed by atoms with Gasteiger partial charge in [-0.15, -0.1) is 0 Å². The quantitative estimate of drug-likeness (QED) is 0.911. The maximum atomic E-state index is 13.2. The zero-order valence-electron chi connectivity index (χ0n) is 10.4. The molecule has 0 aliphatic carbocycles. The molecule has 2 N–H and O–H groups in total. The largest absolute Gasteiger partial charge is 0.506 e. The van der Waals surface area contributed by atoms with Crippen molar-refractivity contribution in [1.82, 2.24) is 10.3 Å². The molecule has 4 nitrogen and oxygen atoms in total. The number of hydrogen-bond donors (Lipinski definition) is 2. The number of nitrogens with one attached hydrogen (secondary N) is 1. The second kappa shape index (κ2) is 6.34. The molecule has 0 fully saturated rings. The van der Waals surface area contributed by atoms with Gasteiger partial charge in [0.25, 0.3) is 5.91 Å². The number of aromatic hydroxyl groups is 1. The van der Waals surface area contributed by atoms with Crippen molar-refractivity contribution in [2.24, 2.45) is 0 Å². The predicted molar refractivity (Wildman–Crippen MR) is 73.3 cm³/mol. The topological polar surface area (TPSA) is 62.2 Å². The van der Waals surface area contributed by atoms with Gasteiger partial charge in [0.1, 0.15) is 11.6 Å². The van der Waals surface area contributed by atoms with E-state index in [1.807, 2.05) is 6.07 Å². The molecule has 0 spiro atoms. The van der Waals surface area contributed by atoms with Gasteiger partial charge in [0.05, 0.1) is 10.6 Å². The average Bonchev–Trinajstić information content (AvgIpc) is 2.44. The Labute approximate surface area is 120 Å². The second-order valence-corrected chi connectivity index (χ2v) is 4.56. The summed E-state index contributed by atoms with van der Waals surface area (Å²) in [5.41, 5.74) is 0.787. The van der Waals surface area contributed by atoms with Crippen LogP contribution in [-0.4, -0.2) is 22.5 Å². The van der Waals surface area contributed by atoms with Crippen molar-refractivity contribution in [3.8, 4) is 5.75 Å². The Kier molecular flexibility index (Phi) is 4.53. The molecule has 1 heterocycles. The molecule has 0 atom stereocenters. The molecule has 2 rings (SSSR count). The van der Waals surface area contributed by atoms with E-state index in [1.54, 1.807) is 18.5 Å². The van der Waals surface area contributed by atoms with Gasteiger partial charge in [0.15, 0.2) is 0 Å². The lowest BCUT2D eigenvalue weighted by atomic mass is 10.1. The highest BCUT2D eigenvalue weighted by molar-refractivity contribution is 6.32. The van der Waals surface area contributed by atoms with Crippen LogP contribution in [0.3, 0.4) is 0 Å². The molecule has 6 heteroatoms. The highest BCUT2D eigenvalue weighted by Crippen LogP contribution is 2.28. The van der Waals surface area contributed by atoms with Gasteiger partial charge in [0, 0.05) is 18.9 Å². The van der Waals surface area contributed by atoms with Crippen molar-refractivity contribution in [3.63, 3.8) is 0 Å². The number of phenols is 1. The number of aromatic nitrogens is 1. The Hall–Kier alpha value is -2.14. The molecule has 104 valence electrons. The summed E-state index contributed by atoms with van der Waals surface area (Å²) in [5, 5.41) is 12.0. The van der Waals surface area contributed by atoms with Crippen LogP contribution in [0.4, 0.5) is 4.39 Å². The van der Waals surface area contributed by atoms with Crippen molar-refractivity contribution in [2.45, 2.75) is 6.42 Å². The molecule has 1 amide bonds. The Morgan fingerprint density at radius 2 is 2.25 bits per heavy atom. The minimum Gasteiger partial charge on any atom is -0.506 e. The van der Waals surface area contributed by atoms with Crippen molar-refractivity contribution >= 4 is 17.5 Å². The maximum absolute atomic E-state index is 13.2. The molecule has 0 unspecified atom stereocenters. The van der Waals surface area contributed by atoms with Crippen LogP contribution in [0.25, 0.3) is 0 Å². The Bertz CT molecular complexity index is 620. The summed E-state index contributed by atoms with van der Waals surface area (Å²) in [6.45, 7) is 0.345. The van der Waals surface area contributed by atoms with Gasteiger partial charge in [-0.25, -0.2) is 4.39 Å². The lowest BCUT2D eigenvalue weighted by molar-refractivity contribution is 0.0951. The van der Waals surface area contributed by atoms with Gasteiger partial charge < -0.3 is 10.4 Å². The van der Waals surface area contributed by atoms with Crippen LogP contribution in [-0.2, 0) is 6.42 Å². The van der Waals surface area contributed by atoms with Crippen LogP contribution in [0.2, 0.25) is 5.02 Å². The number of carbonyl (C=O) groups is 1. The number of carbonyl (C=O) groups excluding carboxylic acids is 1. The first-order valence-corrected chi connectivity index (χ1v) is 6.31. The normalized spacial score (nSPS) is 10.3. The van der Waals surface area contributed by atoms with E-state index in [1.165, 1.54) is 0 Å². The van der Waals surface area contributed by atoms with Crippen molar-refractivity contribution < 1.29 is 14.3 Å². The third kappa shape index (κ3) is 3.45. The van der Waals surface area contributed by atoms with Crippen LogP contribution < -0.4 is 5.32 Å². The number of phenolic OH excluding ortho intramolecular Hbond substituents is 1. The van der Waals surface area contributed by atoms with E-state index in [9.17, 15) is 14.3 Å². The average molecular weight is 295 g/mol. The molecule has 0 radical (unpaired) electrons. The SMILES string of the molecule is O=C(NCCc1cccnc1)c1cc(F)cc(Cl)c1O. The molecule has 0 bridgehead atoms. The number of rotatable bonds is 4. The minimum absolute atomic E-state index is 0.179. The summed E-state index contributed by atoms with van der Waals surface area (Å²) >= 11 is 5.61. The van der Waals surface area contributed by atoms with Crippen molar-refractivity contribution in [1.29, 1.82) is 0 Å². The molecule has 2 aromatic rings. The van der Waals surface area contributed by atoms with Gasteiger partial charge >= 0.3 is 0 Å². The van der Waals surface area contributed by atoms with Gasteiger partial charge in [-0.05, 0) is 30.2 Å². The number of hydrogen-bond acceptors (Lipinski definition) is 3. The fraction of sp³-hybridized carbons (Fsp3) is 0.143. The molecular formula is C14H12ClFN2O2. The number of benzene rings is 1. The van der Waals surface area contributed by atoms with Gasteiger partial charge in [0.2, 0.25) is 0 Å². The number of nitrogens with zero attached hydrogens (tertiary/aromatic N) is 1. The number of pyridine rings is 1. The predicted octanol–water partition coefficient (Wildman–Crippen LogP) is 2.55. The summed E-state index contributed by atoms with van der Waals surface area (Å²) in [7, 11) is 0. The Morgan fingerprint density at radius 1 is 1.45 bits per heavy atom. The van der Waals surface area contributed by atoms with E-state index in [-0.39, 0.29) is 10.6 Å². The molecule has 1 aromatic carbocycles. The van der Waals surface area contributed by atoms with E-state index in [2.05, 4.69) is 10.3 Å². The van der Waals surface area contributed by atoms with E-state index in [0.29, 0.717) is 13.0 Å². The van der Waals surface area contributed by atoms with E-state index < -0.39 is 17.5 Å². The smallest absolute Gasteiger partial charge is 0.255 e. The third-order valence-corrected chi connectivity index (χ3v) is 2.98. The molecule has 0 aliphatic rings. The fourth-order valence-electron chi connectivity index (χ4n) is 1.70.